The van der Waals surface area contributed by atoms with Crippen LogP contribution in [0.5, 0.6) is 0 Å². The van der Waals surface area contributed by atoms with Crippen LogP contribution in [0.4, 0.5) is 0 Å². The van der Waals surface area contributed by atoms with Crippen molar-refractivity contribution >= 4 is 11.8 Å². The monoisotopic (exact) mass is 307 g/mol. The molecule has 2 aliphatic rings. The minimum Gasteiger partial charge on any atom is -0.367 e. The Bertz CT molecular complexity index is 571. The van der Waals surface area contributed by atoms with Gasteiger partial charge in [0.2, 0.25) is 11.8 Å². The van der Waals surface area contributed by atoms with E-state index in [1.165, 1.54) is 0 Å². The number of rotatable bonds is 3. The number of aromatic nitrogens is 3. The van der Waals surface area contributed by atoms with Crippen LogP contribution in [0.2, 0.25) is 0 Å². The third-order valence-electron chi connectivity index (χ3n) is 4.01. The Morgan fingerprint density at radius 2 is 2.27 bits per heavy atom. The van der Waals surface area contributed by atoms with Crippen LogP contribution < -0.4 is 5.32 Å². The van der Waals surface area contributed by atoms with Crippen molar-refractivity contribution in [3.05, 3.63) is 11.6 Å². The SMILES string of the molecule is CC(C)c1n[nH]c([C@H]2CN(C(=O)[C@@H]3CCC(=O)N3)CCO2)n1. The summed E-state index contributed by atoms with van der Waals surface area (Å²) in [6.07, 6.45) is 0.693. The van der Waals surface area contributed by atoms with E-state index in [4.69, 9.17) is 4.74 Å². The number of hydrogen-bond acceptors (Lipinski definition) is 5. The summed E-state index contributed by atoms with van der Waals surface area (Å²) in [4.78, 5) is 29.9. The summed E-state index contributed by atoms with van der Waals surface area (Å²) in [5.41, 5.74) is 0. The quantitative estimate of drug-likeness (QED) is 0.825. The molecule has 3 heterocycles. The zero-order chi connectivity index (χ0) is 15.7. The van der Waals surface area contributed by atoms with Crippen LogP contribution in [0.1, 0.15) is 50.4 Å². The molecule has 0 saturated carbocycles. The van der Waals surface area contributed by atoms with Gasteiger partial charge in [-0.25, -0.2) is 4.98 Å². The molecule has 0 unspecified atom stereocenters. The molecule has 1 aromatic heterocycles. The van der Waals surface area contributed by atoms with E-state index in [2.05, 4.69) is 20.5 Å². The number of hydrogen-bond donors (Lipinski definition) is 2. The van der Waals surface area contributed by atoms with Gasteiger partial charge in [0, 0.05) is 18.9 Å². The van der Waals surface area contributed by atoms with Crippen molar-refractivity contribution in [1.29, 1.82) is 0 Å². The average Bonchev–Trinajstić information content (AvgIpc) is 3.15. The van der Waals surface area contributed by atoms with Gasteiger partial charge in [0.1, 0.15) is 12.1 Å². The average molecular weight is 307 g/mol. The molecule has 2 atom stereocenters. The number of carbonyl (C=O) groups excluding carboxylic acids is 2. The highest BCUT2D eigenvalue weighted by Crippen LogP contribution is 2.22. The molecule has 22 heavy (non-hydrogen) atoms. The Balaban J connectivity index is 1.65. The molecule has 0 spiro atoms. The summed E-state index contributed by atoms with van der Waals surface area (Å²) in [6.45, 7) is 5.46. The van der Waals surface area contributed by atoms with Crippen LogP contribution in [-0.2, 0) is 14.3 Å². The van der Waals surface area contributed by atoms with E-state index in [9.17, 15) is 9.59 Å². The highest BCUT2D eigenvalue weighted by Gasteiger charge is 2.34. The minimum absolute atomic E-state index is 0.0391. The summed E-state index contributed by atoms with van der Waals surface area (Å²) < 4.78 is 5.71. The standard InChI is InChI=1S/C14H21N5O3/c1-8(2)12-16-13(18-17-12)10-7-19(5-6-22-10)14(21)9-3-4-11(20)15-9/h8-10H,3-7H2,1-2H3,(H,15,20)(H,16,17,18)/t9-,10+/m0/s1. The third kappa shape index (κ3) is 2.96. The van der Waals surface area contributed by atoms with E-state index in [1.54, 1.807) is 4.90 Å². The second-order valence-electron chi connectivity index (χ2n) is 6.04. The number of amides is 2. The lowest BCUT2D eigenvalue weighted by molar-refractivity contribution is -0.142. The fraction of sp³-hybridized carbons (Fsp3) is 0.714. The van der Waals surface area contributed by atoms with Gasteiger partial charge in [-0.3, -0.25) is 14.7 Å². The molecule has 2 aliphatic heterocycles. The molecule has 1 aromatic rings. The summed E-state index contributed by atoms with van der Waals surface area (Å²) in [6, 6.07) is -0.396. The molecular weight excluding hydrogens is 286 g/mol. The van der Waals surface area contributed by atoms with Crippen molar-refractivity contribution < 1.29 is 14.3 Å². The lowest BCUT2D eigenvalue weighted by Crippen LogP contribution is -2.49. The number of carbonyl (C=O) groups is 2. The van der Waals surface area contributed by atoms with Gasteiger partial charge in [-0.05, 0) is 6.42 Å². The van der Waals surface area contributed by atoms with Crippen molar-refractivity contribution in [1.82, 2.24) is 25.4 Å². The number of morpholine rings is 1. The Hall–Kier alpha value is -1.96. The molecule has 2 fully saturated rings. The van der Waals surface area contributed by atoms with Gasteiger partial charge in [0.05, 0.1) is 13.2 Å². The molecule has 120 valence electrons. The molecule has 3 rings (SSSR count). The van der Waals surface area contributed by atoms with E-state index in [0.29, 0.717) is 38.4 Å². The largest absolute Gasteiger partial charge is 0.367 e. The number of aromatic amines is 1. The Morgan fingerprint density at radius 3 is 2.91 bits per heavy atom. The maximum absolute atomic E-state index is 12.4. The molecule has 0 bridgehead atoms. The van der Waals surface area contributed by atoms with Gasteiger partial charge in [0.25, 0.3) is 0 Å². The van der Waals surface area contributed by atoms with E-state index < -0.39 is 6.04 Å². The predicted octanol–water partition coefficient (Wildman–Crippen LogP) is 0.107. The fourth-order valence-corrected chi connectivity index (χ4v) is 2.72. The van der Waals surface area contributed by atoms with E-state index >= 15 is 0 Å². The lowest BCUT2D eigenvalue weighted by atomic mass is 10.1. The van der Waals surface area contributed by atoms with Crippen LogP contribution in [-0.4, -0.2) is 57.6 Å². The number of nitrogens with one attached hydrogen (secondary N) is 2. The first-order valence-electron chi connectivity index (χ1n) is 7.66. The third-order valence-corrected chi connectivity index (χ3v) is 4.01. The Labute approximate surface area is 128 Å². The molecule has 0 aromatic carbocycles. The number of H-pyrrole nitrogens is 1. The van der Waals surface area contributed by atoms with Gasteiger partial charge < -0.3 is 15.0 Å². The molecule has 2 amide bonds. The Morgan fingerprint density at radius 1 is 1.45 bits per heavy atom. The molecule has 2 saturated heterocycles. The van der Waals surface area contributed by atoms with Crippen molar-refractivity contribution in [3.63, 3.8) is 0 Å². The highest BCUT2D eigenvalue weighted by atomic mass is 16.5. The zero-order valence-electron chi connectivity index (χ0n) is 12.8. The molecule has 0 radical (unpaired) electrons. The second-order valence-corrected chi connectivity index (χ2v) is 6.04. The van der Waals surface area contributed by atoms with Crippen LogP contribution in [0.25, 0.3) is 0 Å². The molecule has 8 heteroatoms. The van der Waals surface area contributed by atoms with Crippen molar-refractivity contribution in [2.45, 2.75) is 44.8 Å². The summed E-state index contributed by atoms with van der Waals surface area (Å²) >= 11 is 0. The summed E-state index contributed by atoms with van der Waals surface area (Å²) in [5, 5.41) is 9.79. The van der Waals surface area contributed by atoms with E-state index in [0.717, 1.165) is 5.82 Å². The van der Waals surface area contributed by atoms with Crippen LogP contribution in [0.15, 0.2) is 0 Å². The van der Waals surface area contributed by atoms with Crippen molar-refractivity contribution in [2.75, 3.05) is 19.7 Å². The molecule has 8 nitrogen and oxygen atoms in total. The maximum Gasteiger partial charge on any atom is 0.245 e. The molecule has 0 aliphatic carbocycles. The maximum atomic E-state index is 12.4. The van der Waals surface area contributed by atoms with Gasteiger partial charge in [-0.1, -0.05) is 13.8 Å². The first kappa shape index (κ1) is 15.0. The van der Waals surface area contributed by atoms with Gasteiger partial charge in [-0.15, -0.1) is 0 Å². The van der Waals surface area contributed by atoms with E-state index in [-0.39, 0.29) is 23.8 Å². The first-order valence-corrected chi connectivity index (χ1v) is 7.66. The fourth-order valence-electron chi connectivity index (χ4n) is 2.72. The summed E-state index contributed by atoms with van der Waals surface area (Å²) in [5.74, 6) is 1.53. The van der Waals surface area contributed by atoms with Crippen LogP contribution in [0.3, 0.4) is 0 Å². The normalized spacial score (nSPS) is 25.6. The van der Waals surface area contributed by atoms with Gasteiger partial charge in [0.15, 0.2) is 11.6 Å². The lowest BCUT2D eigenvalue weighted by Gasteiger charge is -2.33. The smallest absolute Gasteiger partial charge is 0.245 e. The second kappa shape index (κ2) is 6.04. The van der Waals surface area contributed by atoms with Crippen molar-refractivity contribution in [3.8, 4) is 0 Å². The van der Waals surface area contributed by atoms with Crippen LogP contribution >= 0.6 is 0 Å². The number of ether oxygens (including phenoxy) is 1. The molecule has 2 N–H and O–H groups in total. The first-order chi connectivity index (χ1) is 10.5. The summed E-state index contributed by atoms with van der Waals surface area (Å²) in [7, 11) is 0. The predicted molar refractivity (Wildman–Crippen MR) is 76.9 cm³/mol. The topological polar surface area (TPSA) is 100 Å². The van der Waals surface area contributed by atoms with Gasteiger partial charge in [-0.2, -0.15) is 5.10 Å². The minimum atomic E-state index is -0.396. The molecular formula is C14H21N5O3. The van der Waals surface area contributed by atoms with Crippen LogP contribution in [0, 0.1) is 0 Å². The Kier molecular flexibility index (Phi) is 4.10. The zero-order valence-corrected chi connectivity index (χ0v) is 12.8. The highest BCUT2D eigenvalue weighted by molar-refractivity contribution is 5.90. The van der Waals surface area contributed by atoms with E-state index in [1.807, 2.05) is 13.8 Å². The van der Waals surface area contributed by atoms with Crippen molar-refractivity contribution in [2.24, 2.45) is 0 Å². The van der Waals surface area contributed by atoms with Gasteiger partial charge >= 0.3 is 0 Å². The number of nitrogens with zero attached hydrogens (tertiary/aromatic N) is 3.